The van der Waals surface area contributed by atoms with Gasteiger partial charge in [-0.25, -0.2) is 4.79 Å². The molecule has 0 bridgehead atoms. The van der Waals surface area contributed by atoms with Crippen molar-refractivity contribution < 1.29 is 19.5 Å². The van der Waals surface area contributed by atoms with Crippen LogP contribution in [0.1, 0.15) is 30.4 Å². The van der Waals surface area contributed by atoms with Crippen molar-refractivity contribution in [2.75, 3.05) is 12.4 Å². The number of rotatable bonds is 4. The number of carbonyl (C=O) groups is 3. The number of aryl methyl sites for hydroxylation is 1. The molecule has 3 aliphatic rings. The second kappa shape index (κ2) is 7.64. The molecular weight excluding hydrogens is 364 g/mol. The molecule has 2 aliphatic heterocycles. The van der Waals surface area contributed by atoms with Crippen molar-refractivity contribution in [1.29, 1.82) is 0 Å². The van der Waals surface area contributed by atoms with Crippen LogP contribution in [0.3, 0.4) is 0 Å². The summed E-state index contributed by atoms with van der Waals surface area (Å²) in [4.78, 5) is 39.1. The number of carbonyl (C=O) groups excluding carboxylic acids is 2. The summed E-state index contributed by atoms with van der Waals surface area (Å²) in [6.45, 7) is 0.455. The molecule has 7 heteroatoms. The Morgan fingerprint density at radius 3 is 2.70 bits per heavy atom. The zero-order chi connectivity index (χ0) is 19.0. The van der Waals surface area contributed by atoms with Gasteiger partial charge in [-0.2, -0.15) is 0 Å². The van der Waals surface area contributed by atoms with Crippen molar-refractivity contribution in [3.8, 4) is 0 Å². The zero-order valence-corrected chi connectivity index (χ0v) is 15.9. The number of hydrogen-bond donors (Lipinski definition) is 2. The number of fused-ring (bicyclic) bond motifs is 1. The number of benzene rings is 1. The van der Waals surface area contributed by atoms with Gasteiger partial charge in [-0.15, -0.1) is 11.8 Å². The van der Waals surface area contributed by atoms with Crippen molar-refractivity contribution in [3.05, 3.63) is 35.4 Å². The lowest BCUT2D eigenvalue weighted by atomic mass is 9.80. The van der Waals surface area contributed by atoms with E-state index in [2.05, 4.69) is 17.4 Å². The van der Waals surface area contributed by atoms with Crippen LogP contribution in [0.2, 0.25) is 0 Å². The van der Waals surface area contributed by atoms with Crippen molar-refractivity contribution in [3.63, 3.8) is 0 Å². The van der Waals surface area contributed by atoms with Crippen molar-refractivity contribution in [2.45, 2.75) is 49.4 Å². The molecule has 2 heterocycles. The van der Waals surface area contributed by atoms with Crippen molar-refractivity contribution >= 4 is 29.4 Å². The molecule has 2 saturated heterocycles. The van der Waals surface area contributed by atoms with E-state index in [1.807, 2.05) is 12.1 Å². The predicted octanol–water partition coefficient (Wildman–Crippen LogP) is 1.47. The van der Waals surface area contributed by atoms with Crippen LogP contribution in [0.25, 0.3) is 0 Å². The molecule has 27 heavy (non-hydrogen) atoms. The number of ketones is 1. The van der Waals surface area contributed by atoms with E-state index in [1.54, 1.807) is 0 Å². The van der Waals surface area contributed by atoms with Crippen LogP contribution in [-0.4, -0.2) is 57.4 Å². The number of thioether (sulfide) groups is 1. The van der Waals surface area contributed by atoms with Gasteiger partial charge in [-0.3, -0.25) is 14.9 Å². The van der Waals surface area contributed by atoms with Crippen LogP contribution < -0.4 is 5.32 Å². The van der Waals surface area contributed by atoms with Gasteiger partial charge in [-0.05, 0) is 43.2 Å². The van der Waals surface area contributed by atoms with Gasteiger partial charge in [0.2, 0.25) is 5.91 Å². The first-order valence-corrected chi connectivity index (χ1v) is 10.6. The maximum atomic E-state index is 13.2. The maximum Gasteiger partial charge on any atom is 0.326 e. The first-order valence-electron chi connectivity index (χ1n) is 9.55. The average molecular weight is 388 g/mol. The molecule has 6 nitrogen and oxygen atoms in total. The van der Waals surface area contributed by atoms with Gasteiger partial charge in [0.25, 0.3) is 0 Å². The summed E-state index contributed by atoms with van der Waals surface area (Å²) in [5, 5.41) is 12.1. The van der Waals surface area contributed by atoms with E-state index < -0.39 is 23.3 Å². The summed E-state index contributed by atoms with van der Waals surface area (Å²) in [7, 11) is 0. The number of carboxylic acids is 1. The molecule has 0 saturated carbocycles. The Bertz CT molecular complexity index is 768. The zero-order valence-electron chi connectivity index (χ0n) is 15.1. The number of hydrogen-bond acceptors (Lipinski definition) is 5. The number of likely N-dealkylation sites (tertiary alicyclic amines) is 1. The predicted molar refractivity (Wildman–Crippen MR) is 103 cm³/mol. The summed E-state index contributed by atoms with van der Waals surface area (Å²) < 4.78 is 0. The highest BCUT2D eigenvalue weighted by molar-refractivity contribution is 8.00. The van der Waals surface area contributed by atoms with E-state index in [-0.39, 0.29) is 17.6 Å². The lowest BCUT2D eigenvalue weighted by Crippen LogP contribution is -2.53. The molecule has 0 spiro atoms. The Labute approximate surface area is 162 Å². The third kappa shape index (κ3) is 3.50. The number of carboxylic acid groups (broad SMARTS) is 1. The maximum absolute atomic E-state index is 13.2. The van der Waals surface area contributed by atoms with Gasteiger partial charge in [0, 0.05) is 18.3 Å². The smallest absolute Gasteiger partial charge is 0.326 e. The highest BCUT2D eigenvalue weighted by Crippen LogP contribution is 2.33. The molecule has 1 amide bonds. The van der Waals surface area contributed by atoms with Gasteiger partial charge in [0.15, 0.2) is 5.78 Å². The minimum absolute atomic E-state index is 0.0681. The molecule has 0 radical (unpaired) electrons. The lowest BCUT2D eigenvalue weighted by Gasteiger charge is -2.30. The number of nitrogens with one attached hydrogen (secondary N) is 1. The van der Waals surface area contributed by atoms with E-state index in [0.717, 1.165) is 19.3 Å². The van der Waals surface area contributed by atoms with Gasteiger partial charge in [-0.1, -0.05) is 24.3 Å². The molecule has 0 aromatic heterocycles. The van der Waals surface area contributed by atoms with E-state index in [4.69, 9.17) is 0 Å². The Morgan fingerprint density at radius 2 is 1.93 bits per heavy atom. The third-order valence-corrected chi connectivity index (χ3v) is 7.18. The first-order chi connectivity index (χ1) is 13.1. The van der Waals surface area contributed by atoms with Gasteiger partial charge in [0.05, 0.1) is 5.25 Å². The number of nitrogens with zero attached hydrogens (tertiary/aromatic N) is 1. The average Bonchev–Trinajstić information content (AvgIpc) is 3.36. The fraction of sp³-hybridized carbons (Fsp3) is 0.550. The summed E-state index contributed by atoms with van der Waals surface area (Å²) in [5.41, 5.74) is 2.54. The molecule has 1 aliphatic carbocycles. The van der Waals surface area contributed by atoms with E-state index in [1.165, 1.54) is 27.8 Å². The highest BCUT2D eigenvalue weighted by atomic mass is 32.2. The molecule has 2 unspecified atom stereocenters. The molecule has 144 valence electrons. The van der Waals surface area contributed by atoms with Crippen LogP contribution in [0.4, 0.5) is 0 Å². The van der Waals surface area contributed by atoms with Gasteiger partial charge in [0.1, 0.15) is 12.1 Å². The van der Waals surface area contributed by atoms with Gasteiger partial charge < -0.3 is 10.0 Å². The standard InChI is InChI=1S/C20H24N2O4S/c23-17(14-8-7-12-4-1-2-5-13(12)10-14)18-16(21-11-27-18)19(24)22-9-3-6-15(22)20(25)26/h1-2,4-5,14-16,18,21H,3,6-11H2,(H,25,26)/t14?,15-,16-,18?/m0/s1. The van der Waals surface area contributed by atoms with Gasteiger partial charge >= 0.3 is 5.97 Å². The molecule has 2 fully saturated rings. The van der Waals surface area contributed by atoms with E-state index in [0.29, 0.717) is 25.3 Å². The second-order valence-corrected chi connectivity index (χ2v) is 8.68. The molecular formula is C20H24N2O4S. The molecule has 1 aromatic rings. The fourth-order valence-electron chi connectivity index (χ4n) is 4.53. The second-order valence-electron chi connectivity index (χ2n) is 7.55. The number of Topliss-reactive ketones (excluding diaryl/α,β-unsaturated/α-hetero) is 1. The molecule has 4 rings (SSSR count). The summed E-state index contributed by atoms with van der Waals surface area (Å²) in [5.74, 6) is -0.593. The Balaban J connectivity index is 1.47. The minimum atomic E-state index is -0.960. The largest absolute Gasteiger partial charge is 0.480 e. The quantitative estimate of drug-likeness (QED) is 0.812. The SMILES string of the molecule is O=C(C1CCc2ccccc2C1)C1SCN[C@@H]1C(=O)N1CCC[C@H]1C(=O)O. The lowest BCUT2D eigenvalue weighted by molar-refractivity contribution is -0.149. The summed E-state index contributed by atoms with van der Waals surface area (Å²) >= 11 is 1.47. The van der Waals surface area contributed by atoms with Crippen LogP contribution in [0, 0.1) is 5.92 Å². The van der Waals surface area contributed by atoms with Crippen molar-refractivity contribution in [2.24, 2.45) is 5.92 Å². The van der Waals surface area contributed by atoms with Crippen LogP contribution in [0.15, 0.2) is 24.3 Å². The Kier molecular flexibility index (Phi) is 5.23. The first kappa shape index (κ1) is 18.5. The summed E-state index contributed by atoms with van der Waals surface area (Å²) in [6, 6.07) is 6.86. The molecule has 1 aromatic carbocycles. The minimum Gasteiger partial charge on any atom is -0.480 e. The number of amides is 1. The molecule has 4 atom stereocenters. The van der Waals surface area contributed by atoms with E-state index >= 15 is 0 Å². The van der Waals surface area contributed by atoms with Crippen molar-refractivity contribution in [1.82, 2.24) is 10.2 Å². The number of aliphatic carboxylic acids is 1. The van der Waals surface area contributed by atoms with Crippen LogP contribution in [0.5, 0.6) is 0 Å². The highest BCUT2D eigenvalue weighted by Gasteiger charge is 2.45. The topological polar surface area (TPSA) is 86.7 Å². The van der Waals surface area contributed by atoms with E-state index in [9.17, 15) is 19.5 Å². The van der Waals surface area contributed by atoms with Crippen LogP contribution in [-0.2, 0) is 27.2 Å². The Morgan fingerprint density at radius 1 is 1.15 bits per heavy atom. The normalized spacial score (nSPS) is 30.1. The third-order valence-electron chi connectivity index (χ3n) is 5.99. The monoisotopic (exact) mass is 388 g/mol. The van der Waals surface area contributed by atoms with Crippen LogP contribution >= 0.6 is 11.8 Å². The molecule has 2 N–H and O–H groups in total. The summed E-state index contributed by atoms with van der Waals surface area (Å²) in [6.07, 6.45) is 3.62. The Hall–Kier alpha value is -1.86. The fourth-order valence-corrected chi connectivity index (χ4v) is 5.75.